The van der Waals surface area contributed by atoms with E-state index >= 15 is 0 Å². The van der Waals surface area contributed by atoms with Gasteiger partial charge in [0.05, 0.1) is 6.54 Å². The minimum Gasteiger partial charge on any atom is -0.310 e. The maximum Gasteiger partial charge on any atom is 0.319 e. The first-order valence-corrected chi connectivity index (χ1v) is 6.57. The van der Waals surface area contributed by atoms with Gasteiger partial charge in [-0.2, -0.15) is 8.78 Å². The van der Waals surface area contributed by atoms with Crippen LogP contribution in [0.2, 0.25) is 0 Å². The number of rotatable bonds is 3. The van der Waals surface area contributed by atoms with E-state index in [4.69, 9.17) is 0 Å². The van der Waals surface area contributed by atoms with E-state index in [1.54, 1.807) is 0 Å². The molecule has 2 nitrogen and oxygen atoms in total. The van der Waals surface area contributed by atoms with E-state index < -0.39 is 18.9 Å². The highest BCUT2D eigenvalue weighted by Crippen LogP contribution is 2.33. The normalized spacial score (nSPS) is 25.8. The fourth-order valence-corrected chi connectivity index (χ4v) is 3.11. The zero-order valence-electron chi connectivity index (χ0n) is 10.4. The zero-order valence-corrected chi connectivity index (χ0v) is 10.4. The Kier molecular flexibility index (Phi) is 4.16. The van der Waals surface area contributed by atoms with Crippen LogP contribution < -0.4 is 5.32 Å². The topological polar surface area (TPSA) is 15.3 Å². The van der Waals surface area contributed by atoms with Crippen LogP contribution in [0.25, 0.3) is 0 Å². The summed E-state index contributed by atoms with van der Waals surface area (Å²) in [4.78, 5) is 1.51. The van der Waals surface area contributed by atoms with Crippen LogP contribution in [-0.4, -0.2) is 49.0 Å². The molecule has 0 amide bonds. The Morgan fingerprint density at radius 3 is 2.44 bits per heavy atom. The number of alkyl halides is 4. The second kappa shape index (κ2) is 5.33. The van der Waals surface area contributed by atoms with Crippen molar-refractivity contribution < 1.29 is 17.6 Å². The summed E-state index contributed by atoms with van der Waals surface area (Å²) in [5, 5.41) is 3.43. The molecule has 1 spiro atoms. The Morgan fingerprint density at radius 2 is 1.83 bits per heavy atom. The van der Waals surface area contributed by atoms with Crippen LogP contribution in [0.5, 0.6) is 0 Å². The van der Waals surface area contributed by atoms with Gasteiger partial charge in [0.2, 0.25) is 0 Å². The molecule has 1 N–H and O–H groups in total. The van der Waals surface area contributed by atoms with Crippen molar-refractivity contribution in [2.75, 3.05) is 26.2 Å². The molecule has 0 aromatic heterocycles. The molecular weight excluding hydrogens is 248 g/mol. The molecule has 0 aromatic carbocycles. The van der Waals surface area contributed by atoms with Crippen molar-refractivity contribution in [3.05, 3.63) is 0 Å². The summed E-state index contributed by atoms with van der Waals surface area (Å²) >= 11 is 0. The second-order valence-electron chi connectivity index (χ2n) is 5.54. The van der Waals surface area contributed by atoms with Crippen LogP contribution in [0.4, 0.5) is 17.6 Å². The highest BCUT2D eigenvalue weighted by molar-refractivity contribution is 4.97. The zero-order chi connectivity index (χ0) is 13.2. The third-order valence-corrected chi connectivity index (χ3v) is 3.99. The molecular formula is C12H20F4N2. The number of hydrogen-bond acceptors (Lipinski definition) is 2. The Labute approximate surface area is 105 Å². The van der Waals surface area contributed by atoms with Crippen molar-refractivity contribution in [3.8, 4) is 0 Å². The molecule has 0 unspecified atom stereocenters. The molecule has 1 saturated heterocycles. The van der Waals surface area contributed by atoms with Gasteiger partial charge in [-0.05, 0) is 32.4 Å². The van der Waals surface area contributed by atoms with E-state index in [0.717, 1.165) is 38.6 Å². The minimum absolute atomic E-state index is 0.116. The second-order valence-corrected chi connectivity index (χ2v) is 5.54. The highest BCUT2D eigenvalue weighted by Gasteiger charge is 2.44. The lowest BCUT2D eigenvalue weighted by Gasteiger charge is -2.34. The van der Waals surface area contributed by atoms with E-state index in [1.165, 1.54) is 4.90 Å². The smallest absolute Gasteiger partial charge is 0.310 e. The van der Waals surface area contributed by atoms with Gasteiger partial charge in [0.15, 0.2) is 0 Å². The number of hydrogen-bond donors (Lipinski definition) is 1. The monoisotopic (exact) mass is 268 g/mol. The molecule has 106 valence electrons. The Hall–Kier alpha value is -0.360. The SMILES string of the molecule is FC(F)C(F)(F)CN1CCCNC2(CCCC2)C1. The van der Waals surface area contributed by atoms with Crippen molar-refractivity contribution >= 4 is 0 Å². The highest BCUT2D eigenvalue weighted by atomic mass is 19.3. The number of halogens is 4. The van der Waals surface area contributed by atoms with Crippen LogP contribution in [0, 0.1) is 0 Å². The molecule has 2 rings (SSSR count). The maximum absolute atomic E-state index is 13.1. The van der Waals surface area contributed by atoms with E-state index in [0.29, 0.717) is 13.1 Å². The average molecular weight is 268 g/mol. The molecule has 6 heteroatoms. The van der Waals surface area contributed by atoms with Crippen LogP contribution in [-0.2, 0) is 0 Å². The van der Waals surface area contributed by atoms with Crippen molar-refractivity contribution in [2.45, 2.75) is 50.0 Å². The predicted octanol–water partition coefficient (Wildman–Crippen LogP) is 2.49. The molecule has 0 radical (unpaired) electrons. The lowest BCUT2D eigenvalue weighted by molar-refractivity contribution is -0.143. The van der Waals surface area contributed by atoms with Crippen molar-refractivity contribution in [1.29, 1.82) is 0 Å². The lowest BCUT2D eigenvalue weighted by atomic mass is 9.97. The Balaban J connectivity index is 1.99. The molecule has 0 aromatic rings. The van der Waals surface area contributed by atoms with E-state index in [-0.39, 0.29) is 5.54 Å². The van der Waals surface area contributed by atoms with Gasteiger partial charge in [-0.3, -0.25) is 4.90 Å². The van der Waals surface area contributed by atoms with Gasteiger partial charge in [0.25, 0.3) is 0 Å². The maximum atomic E-state index is 13.1. The number of nitrogens with zero attached hydrogens (tertiary/aromatic N) is 1. The minimum atomic E-state index is -3.90. The summed E-state index contributed by atoms with van der Waals surface area (Å²) < 4.78 is 50.7. The summed E-state index contributed by atoms with van der Waals surface area (Å²) in [6, 6.07) is 0. The van der Waals surface area contributed by atoms with Gasteiger partial charge in [0.1, 0.15) is 0 Å². The summed E-state index contributed by atoms with van der Waals surface area (Å²) in [7, 11) is 0. The largest absolute Gasteiger partial charge is 0.319 e. The van der Waals surface area contributed by atoms with Gasteiger partial charge in [0, 0.05) is 12.1 Å². The van der Waals surface area contributed by atoms with Crippen molar-refractivity contribution in [2.24, 2.45) is 0 Å². The fraction of sp³-hybridized carbons (Fsp3) is 1.00. The molecule has 18 heavy (non-hydrogen) atoms. The molecule has 1 aliphatic carbocycles. The molecule has 1 heterocycles. The van der Waals surface area contributed by atoms with Gasteiger partial charge in [-0.1, -0.05) is 12.8 Å². The van der Waals surface area contributed by atoms with E-state index in [2.05, 4.69) is 5.32 Å². The average Bonchev–Trinajstić information content (AvgIpc) is 2.62. The van der Waals surface area contributed by atoms with Crippen LogP contribution in [0.15, 0.2) is 0 Å². The first-order chi connectivity index (χ1) is 8.44. The lowest BCUT2D eigenvalue weighted by Crippen LogP contribution is -2.52. The standard InChI is InChI=1S/C12H20F4N2/c13-10(14)12(15,16)9-18-7-3-6-17-11(8-18)4-1-2-5-11/h10,17H,1-9H2. The molecule has 2 aliphatic rings. The van der Waals surface area contributed by atoms with Gasteiger partial charge < -0.3 is 5.32 Å². The van der Waals surface area contributed by atoms with Gasteiger partial charge in [-0.25, -0.2) is 8.78 Å². The van der Waals surface area contributed by atoms with Crippen LogP contribution in [0.1, 0.15) is 32.1 Å². The summed E-state index contributed by atoms with van der Waals surface area (Å²) in [6.07, 6.45) is 1.26. The van der Waals surface area contributed by atoms with Crippen LogP contribution >= 0.6 is 0 Å². The molecule has 0 atom stereocenters. The van der Waals surface area contributed by atoms with Gasteiger partial charge in [-0.15, -0.1) is 0 Å². The summed E-state index contributed by atoms with van der Waals surface area (Å²) in [5.41, 5.74) is -0.116. The molecule has 2 fully saturated rings. The third-order valence-electron chi connectivity index (χ3n) is 3.99. The molecule has 0 bridgehead atoms. The first kappa shape index (κ1) is 14.1. The molecule has 1 saturated carbocycles. The fourth-order valence-electron chi connectivity index (χ4n) is 3.11. The van der Waals surface area contributed by atoms with Crippen LogP contribution in [0.3, 0.4) is 0 Å². The first-order valence-electron chi connectivity index (χ1n) is 6.57. The van der Waals surface area contributed by atoms with E-state index in [9.17, 15) is 17.6 Å². The van der Waals surface area contributed by atoms with E-state index in [1.807, 2.05) is 0 Å². The van der Waals surface area contributed by atoms with Gasteiger partial charge >= 0.3 is 12.3 Å². The number of nitrogens with one attached hydrogen (secondary N) is 1. The Bertz CT molecular complexity index is 277. The quantitative estimate of drug-likeness (QED) is 0.791. The molecule has 1 aliphatic heterocycles. The third kappa shape index (κ3) is 3.15. The summed E-state index contributed by atoms with van der Waals surface area (Å²) in [6.45, 7) is 0.900. The summed E-state index contributed by atoms with van der Waals surface area (Å²) in [5.74, 6) is -3.90. The van der Waals surface area contributed by atoms with Crippen molar-refractivity contribution in [3.63, 3.8) is 0 Å². The van der Waals surface area contributed by atoms with Crippen molar-refractivity contribution in [1.82, 2.24) is 10.2 Å². The predicted molar refractivity (Wildman–Crippen MR) is 61.2 cm³/mol. The Morgan fingerprint density at radius 1 is 1.17 bits per heavy atom.